The molecule has 5 rings (SSSR count). The molecule has 4 nitrogen and oxygen atoms in total. The summed E-state index contributed by atoms with van der Waals surface area (Å²) >= 11 is 0. The number of unbranched alkanes of at least 4 members (excludes halogenated alkanes) is 1. The van der Waals surface area contributed by atoms with Crippen LogP contribution >= 0.6 is 0 Å². The van der Waals surface area contributed by atoms with E-state index in [1.165, 1.54) is 11.1 Å². The lowest BCUT2D eigenvalue weighted by atomic mass is 9.89. The molecular formula is C32H37N3O. The molecular weight excluding hydrogens is 442 g/mol. The van der Waals surface area contributed by atoms with Gasteiger partial charge in [-0.25, -0.2) is 4.68 Å². The molecule has 0 N–H and O–H groups in total. The summed E-state index contributed by atoms with van der Waals surface area (Å²) in [5.74, 6) is 0.0779. The van der Waals surface area contributed by atoms with E-state index in [0.717, 1.165) is 54.9 Å². The SMILES string of the molecule is CC.CCCCC1c2ccccc2CCN1C(=O)c1c(-c2ccccc2)nn(-c2ccccc2)c1C. The number of hydrogen-bond donors (Lipinski definition) is 0. The van der Waals surface area contributed by atoms with E-state index in [2.05, 4.69) is 36.1 Å². The Balaban J connectivity index is 0.00000148. The van der Waals surface area contributed by atoms with E-state index in [9.17, 15) is 4.79 Å². The molecule has 0 bridgehead atoms. The zero-order chi connectivity index (χ0) is 25.5. The number of amides is 1. The normalized spacial score (nSPS) is 14.6. The number of rotatable bonds is 6. The van der Waals surface area contributed by atoms with Crippen LogP contribution in [0.4, 0.5) is 0 Å². The third-order valence-electron chi connectivity index (χ3n) is 6.88. The van der Waals surface area contributed by atoms with Crippen LogP contribution in [0.15, 0.2) is 84.9 Å². The predicted octanol–water partition coefficient (Wildman–Crippen LogP) is 7.80. The molecule has 0 spiro atoms. The maximum atomic E-state index is 14.3. The van der Waals surface area contributed by atoms with Crippen LogP contribution in [0.5, 0.6) is 0 Å². The molecule has 4 aromatic rings. The first kappa shape index (κ1) is 25.4. The molecule has 2 heterocycles. The predicted molar refractivity (Wildman–Crippen MR) is 149 cm³/mol. The van der Waals surface area contributed by atoms with Crippen LogP contribution in [0.25, 0.3) is 16.9 Å². The van der Waals surface area contributed by atoms with Crippen molar-refractivity contribution in [1.82, 2.24) is 14.7 Å². The highest BCUT2D eigenvalue weighted by atomic mass is 16.2. The van der Waals surface area contributed by atoms with Crippen molar-refractivity contribution in [3.63, 3.8) is 0 Å². The minimum absolute atomic E-state index is 0.0779. The first-order chi connectivity index (χ1) is 17.7. The fraction of sp³-hybridized carbons (Fsp3) is 0.312. The van der Waals surface area contributed by atoms with E-state index in [-0.39, 0.29) is 11.9 Å². The van der Waals surface area contributed by atoms with Crippen molar-refractivity contribution in [3.8, 4) is 16.9 Å². The molecule has 36 heavy (non-hydrogen) atoms. The van der Waals surface area contributed by atoms with Crippen molar-refractivity contribution >= 4 is 5.91 Å². The van der Waals surface area contributed by atoms with Crippen LogP contribution in [0.1, 0.15) is 73.3 Å². The van der Waals surface area contributed by atoms with E-state index < -0.39 is 0 Å². The standard InChI is InChI=1S/C30H31N3O.C2H6/c1-3-4-19-27-26-18-12-11-13-23(26)20-21-32(27)30(34)28-22(2)33(25-16-9-6-10-17-25)31-29(28)24-14-7-5-8-15-24;1-2/h5-18,27H,3-4,19-21H2,1-2H3;1-2H3. The van der Waals surface area contributed by atoms with Gasteiger partial charge in [-0.15, -0.1) is 0 Å². The number of benzene rings is 3. The van der Waals surface area contributed by atoms with Crippen LogP contribution in [0, 0.1) is 6.92 Å². The summed E-state index contributed by atoms with van der Waals surface area (Å²) in [6.45, 7) is 8.95. The van der Waals surface area contributed by atoms with Crippen LogP contribution in [-0.2, 0) is 6.42 Å². The lowest BCUT2D eigenvalue weighted by Gasteiger charge is -2.37. The summed E-state index contributed by atoms with van der Waals surface area (Å²) in [6.07, 6.45) is 4.07. The lowest BCUT2D eigenvalue weighted by Crippen LogP contribution is -2.40. The molecule has 1 atom stereocenters. The van der Waals surface area contributed by atoms with Crippen molar-refractivity contribution in [2.45, 2.75) is 59.4 Å². The van der Waals surface area contributed by atoms with Gasteiger partial charge in [-0.2, -0.15) is 5.10 Å². The highest BCUT2D eigenvalue weighted by Crippen LogP contribution is 2.37. The van der Waals surface area contributed by atoms with Crippen LogP contribution in [-0.4, -0.2) is 27.1 Å². The van der Waals surface area contributed by atoms with Gasteiger partial charge in [0.25, 0.3) is 5.91 Å². The van der Waals surface area contributed by atoms with E-state index >= 15 is 0 Å². The Bertz CT molecular complexity index is 1280. The third-order valence-corrected chi connectivity index (χ3v) is 6.88. The monoisotopic (exact) mass is 479 g/mol. The van der Waals surface area contributed by atoms with Crippen molar-refractivity contribution in [2.75, 3.05) is 6.54 Å². The van der Waals surface area contributed by atoms with Gasteiger partial charge in [-0.1, -0.05) is 106 Å². The fourth-order valence-electron chi connectivity index (χ4n) is 5.12. The first-order valence-corrected chi connectivity index (χ1v) is 13.3. The topological polar surface area (TPSA) is 38.1 Å². The molecule has 0 fully saturated rings. The van der Waals surface area contributed by atoms with Crippen molar-refractivity contribution in [1.29, 1.82) is 0 Å². The van der Waals surface area contributed by atoms with Gasteiger partial charge in [0.15, 0.2) is 0 Å². The minimum Gasteiger partial charge on any atom is -0.331 e. The number of fused-ring (bicyclic) bond motifs is 1. The molecule has 1 unspecified atom stereocenters. The molecule has 0 saturated carbocycles. The summed E-state index contributed by atoms with van der Waals surface area (Å²) in [7, 11) is 0. The molecule has 1 aliphatic rings. The molecule has 1 aromatic heterocycles. The van der Waals surface area contributed by atoms with Crippen molar-refractivity contribution in [3.05, 3.63) is 107 Å². The smallest absolute Gasteiger partial charge is 0.258 e. The Morgan fingerprint density at radius 2 is 1.56 bits per heavy atom. The van der Waals surface area contributed by atoms with Crippen LogP contribution in [0.2, 0.25) is 0 Å². The largest absolute Gasteiger partial charge is 0.331 e. The molecule has 1 amide bonds. The number of aromatic nitrogens is 2. The molecule has 4 heteroatoms. The van der Waals surface area contributed by atoms with E-state index in [4.69, 9.17) is 5.10 Å². The fourth-order valence-corrected chi connectivity index (χ4v) is 5.12. The Morgan fingerprint density at radius 1 is 0.917 bits per heavy atom. The summed E-state index contributed by atoms with van der Waals surface area (Å²) in [6, 6.07) is 28.8. The van der Waals surface area contributed by atoms with Crippen molar-refractivity contribution in [2.24, 2.45) is 0 Å². The van der Waals surface area contributed by atoms with E-state index in [1.807, 2.05) is 86.1 Å². The van der Waals surface area contributed by atoms with Gasteiger partial charge in [0.05, 0.1) is 23.0 Å². The molecule has 0 radical (unpaired) electrons. The summed E-state index contributed by atoms with van der Waals surface area (Å²) in [5.41, 5.74) is 6.92. The Kier molecular flexibility index (Phi) is 8.37. The molecule has 3 aromatic carbocycles. The highest BCUT2D eigenvalue weighted by Gasteiger charge is 2.34. The number of carbonyl (C=O) groups is 1. The van der Waals surface area contributed by atoms with E-state index in [0.29, 0.717) is 5.56 Å². The average molecular weight is 480 g/mol. The minimum atomic E-state index is 0.0779. The Labute approximate surface area is 215 Å². The summed E-state index contributed by atoms with van der Waals surface area (Å²) in [5, 5.41) is 4.97. The van der Waals surface area contributed by atoms with Gasteiger partial charge in [-0.3, -0.25) is 4.79 Å². The number of nitrogens with zero attached hydrogens (tertiary/aromatic N) is 3. The molecule has 0 aliphatic carbocycles. The highest BCUT2D eigenvalue weighted by molar-refractivity contribution is 6.01. The Hall–Kier alpha value is -3.66. The number of hydrogen-bond acceptors (Lipinski definition) is 2. The second-order valence-electron chi connectivity index (χ2n) is 9.03. The Morgan fingerprint density at radius 3 is 2.25 bits per heavy atom. The summed E-state index contributed by atoms with van der Waals surface area (Å²) in [4.78, 5) is 16.4. The zero-order valence-electron chi connectivity index (χ0n) is 21.9. The molecule has 1 aliphatic heterocycles. The average Bonchev–Trinajstić information content (AvgIpc) is 3.30. The second kappa shape index (κ2) is 11.9. The molecule has 186 valence electrons. The maximum Gasteiger partial charge on any atom is 0.258 e. The number of para-hydroxylation sites is 1. The van der Waals surface area contributed by atoms with Gasteiger partial charge < -0.3 is 4.90 Å². The van der Waals surface area contributed by atoms with Gasteiger partial charge >= 0.3 is 0 Å². The van der Waals surface area contributed by atoms with Crippen LogP contribution < -0.4 is 0 Å². The molecule has 0 saturated heterocycles. The second-order valence-corrected chi connectivity index (χ2v) is 9.03. The summed E-state index contributed by atoms with van der Waals surface area (Å²) < 4.78 is 1.91. The maximum absolute atomic E-state index is 14.3. The van der Waals surface area contributed by atoms with Gasteiger partial charge in [0.1, 0.15) is 5.69 Å². The third kappa shape index (κ3) is 4.99. The quantitative estimate of drug-likeness (QED) is 0.283. The van der Waals surface area contributed by atoms with Crippen LogP contribution in [0.3, 0.4) is 0 Å². The van der Waals surface area contributed by atoms with Gasteiger partial charge in [0, 0.05) is 12.1 Å². The van der Waals surface area contributed by atoms with Crippen molar-refractivity contribution < 1.29 is 4.79 Å². The van der Waals surface area contributed by atoms with Gasteiger partial charge in [0.2, 0.25) is 0 Å². The first-order valence-electron chi connectivity index (χ1n) is 13.3. The lowest BCUT2D eigenvalue weighted by molar-refractivity contribution is 0.0648. The van der Waals surface area contributed by atoms with Gasteiger partial charge in [-0.05, 0) is 43.0 Å². The van der Waals surface area contributed by atoms with E-state index in [1.54, 1.807) is 0 Å². The zero-order valence-corrected chi connectivity index (χ0v) is 21.9. The number of carbonyl (C=O) groups excluding carboxylic acids is 1.